The molecule has 0 amide bonds. The van der Waals surface area contributed by atoms with Crippen molar-refractivity contribution in [1.29, 1.82) is 0 Å². The molecule has 8 heteroatoms. The molecule has 2 aromatic heterocycles. The largest absolute Gasteiger partial charge is 0.497 e. The van der Waals surface area contributed by atoms with Crippen LogP contribution in [0.15, 0.2) is 30.5 Å². The standard InChI is InChI=1S/C19H25N7O/c1-4-16-23-18(15-11-22-26(2)19(15)24-16)20-9-13-10-21-25-17(13)12-5-7-14(27-3)8-6-12/h5-8,11,13,17,21,25H,4,9-10H2,1-3H3,(H,20,23,24). The van der Waals surface area contributed by atoms with E-state index in [4.69, 9.17) is 4.74 Å². The van der Waals surface area contributed by atoms with Crippen LogP contribution in [0.25, 0.3) is 11.0 Å². The number of aromatic nitrogens is 4. The van der Waals surface area contributed by atoms with Gasteiger partial charge in [0.15, 0.2) is 5.65 Å². The van der Waals surface area contributed by atoms with E-state index >= 15 is 0 Å². The number of rotatable bonds is 6. The summed E-state index contributed by atoms with van der Waals surface area (Å²) in [7, 11) is 3.59. The SMILES string of the molecule is CCc1nc(NCC2CNNC2c2ccc(OC)cc2)c2cnn(C)c2n1. The third kappa shape index (κ3) is 3.45. The quantitative estimate of drug-likeness (QED) is 0.612. The van der Waals surface area contributed by atoms with Gasteiger partial charge in [0.1, 0.15) is 17.4 Å². The van der Waals surface area contributed by atoms with E-state index in [0.29, 0.717) is 5.92 Å². The van der Waals surface area contributed by atoms with Crippen molar-refractivity contribution in [3.63, 3.8) is 0 Å². The van der Waals surface area contributed by atoms with Gasteiger partial charge in [-0.2, -0.15) is 5.10 Å². The fourth-order valence-corrected chi connectivity index (χ4v) is 3.48. The molecule has 1 aromatic carbocycles. The zero-order valence-electron chi connectivity index (χ0n) is 15.9. The molecule has 27 heavy (non-hydrogen) atoms. The van der Waals surface area contributed by atoms with Gasteiger partial charge in [-0.05, 0) is 17.7 Å². The van der Waals surface area contributed by atoms with Crippen LogP contribution in [0.1, 0.15) is 24.4 Å². The van der Waals surface area contributed by atoms with Gasteiger partial charge < -0.3 is 10.1 Å². The minimum absolute atomic E-state index is 0.222. The number of aryl methyl sites for hydroxylation is 2. The van der Waals surface area contributed by atoms with E-state index in [1.807, 2.05) is 25.4 Å². The lowest BCUT2D eigenvalue weighted by atomic mass is 9.95. The van der Waals surface area contributed by atoms with E-state index in [-0.39, 0.29) is 6.04 Å². The lowest BCUT2D eigenvalue weighted by molar-refractivity contribution is 0.414. The molecule has 2 unspecified atom stereocenters. The molecule has 2 atom stereocenters. The van der Waals surface area contributed by atoms with Crippen LogP contribution in [0, 0.1) is 5.92 Å². The Morgan fingerprint density at radius 2 is 2.07 bits per heavy atom. The molecule has 1 fully saturated rings. The van der Waals surface area contributed by atoms with E-state index in [1.54, 1.807) is 11.8 Å². The molecule has 142 valence electrons. The third-order valence-corrected chi connectivity index (χ3v) is 5.05. The Morgan fingerprint density at radius 1 is 1.26 bits per heavy atom. The third-order valence-electron chi connectivity index (χ3n) is 5.05. The van der Waals surface area contributed by atoms with Gasteiger partial charge in [-0.3, -0.25) is 10.1 Å². The normalized spacial score (nSPS) is 19.5. The van der Waals surface area contributed by atoms with Crippen LogP contribution >= 0.6 is 0 Å². The fourth-order valence-electron chi connectivity index (χ4n) is 3.48. The van der Waals surface area contributed by atoms with E-state index in [0.717, 1.165) is 47.9 Å². The van der Waals surface area contributed by atoms with Gasteiger partial charge in [-0.1, -0.05) is 19.1 Å². The van der Waals surface area contributed by atoms with Crippen molar-refractivity contribution in [2.75, 3.05) is 25.5 Å². The molecule has 0 aliphatic carbocycles. The Kier molecular flexibility index (Phi) is 4.91. The number of ether oxygens (including phenoxy) is 1. The highest BCUT2D eigenvalue weighted by molar-refractivity contribution is 5.86. The predicted octanol–water partition coefficient (Wildman–Crippen LogP) is 1.81. The van der Waals surface area contributed by atoms with Gasteiger partial charge in [0.2, 0.25) is 0 Å². The topological polar surface area (TPSA) is 88.9 Å². The monoisotopic (exact) mass is 367 g/mol. The summed E-state index contributed by atoms with van der Waals surface area (Å²) in [5.74, 6) is 2.92. The van der Waals surface area contributed by atoms with Gasteiger partial charge in [-0.15, -0.1) is 0 Å². The predicted molar refractivity (Wildman–Crippen MR) is 105 cm³/mol. The summed E-state index contributed by atoms with van der Waals surface area (Å²) in [5.41, 5.74) is 8.75. The number of fused-ring (bicyclic) bond motifs is 1. The Balaban J connectivity index is 1.53. The molecule has 1 saturated heterocycles. The van der Waals surface area contributed by atoms with Crippen molar-refractivity contribution in [3.05, 3.63) is 41.9 Å². The smallest absolute Gasteiger partial charge is 0.163 e. The first-order chi connectivity index (χ1) is 13.2. The maximum Gasteiger partial charge on any atom is 0.163 e. The molecule has 3 aromatic rings. The minimum Gasteiger partial charge on any atom is -0.497 e. The molecule has 4 rings (SSSR count). The Labute approximate surface area is 158 Å². The number of nitrogens with one attached hydrogen (secondary N) is 3. The van der Waals surface area contributed by atoms with E-state index in [1.165, 1.54) is 5.56 Å². The van der Waals surface area contributed by atoms with Crippen LogP contribution in [0.5, 0.6) is 5.75 Å². The molecule has 8 nitrogen and oxygen atoms in total. The summed E-state index contributed by atoms with van der Waals surface area (Å²) in [6.45, 7) is 3.73. The highest BCUT2D eigenvalue weighted by Gasteiger charge is 2.28. The Hall–Kier alpha value is -2.71. The van der Waals surface area contributed by atoms with Crippen LogP contribution in [0.4, 0.5) is 5.82 Å². The van der Waals surface area contributed by atoms with Crippen molar-refractivity contribution in [2.45, 2.75) is 19.4 Å². The number of benzene rings is 1. The first-order valence-electron chi connectivity index (χ1n) is 9.24. The second-order valence-electron chi connectivity index (χ2n) is 6.76. The second kappa shape index (κ2) is 7.50. The zero-order valence-corrected chi connectivity index (χ0v) is 15.9. The van der Waals surface area contributed by atoms with Crippen LogP contribution in [-0.2, 0) is 13.5 Å². The van der Waals surface area contributed by atoms with Crippen molar-refractivity contribution in [2.24, 2.45) is 13.0 Å². The van der Waals surface area contributed by atoms with E-state index in [9.17, 15) is 0 Å². The van der Waals surface area contributed by atoms with Crippen LogP contribution < -0.4 is 20.9 Å². The first kappa shape index (κ1) is 17.7. The van der Waals surface area contributed by atoms with Gasteiger partial charge in [-0.25, -0.2) is 15.4 Å². The summed E-state index contributed by atoms with van der Waals surface area (Å²) in [5, 5.41) is 8.81. The molecule has 1 aliphatic rings. The number of hydrogen-bond acceptors (Lipinski definition) is 7. The average molecular weight is 367 g/mol. The van der Waals surface area contributed by atoms with Crippen molar-refractivity contribution < 1.29 is 4.74 Å². The van der Waals surface area contributed by atoms with Crippen LogP contribution in [0.2, 0.25) is 0 Å². The molecule has 3 heterocycles. The number of hydrazine groups is 1. The molecule has 1 aliphatic heterocycles. The maximum absolute atomic E-state index is 5.26. The second-order valence-corrected chi connectivity index (χ2v) is 6.76. The maximum atomic E-state index is 5.26. The summed E-state index contributed by atoms with van der Waals surface area (Å²) in [4.78, 5) is 9.27. The van der Waals surface area contributed by atoms with Crippen molar-refractivity contribution >= 4 is 16.9 Å². The number of methoxy groups -OCH3 is 1. The average Bonchev–Trinajstić information content (AvgIpc) is 3.33. The Bertz CT molecular complexity index is 922. The first-order valence-corrected chi connectivity index (χ1v) is 9.24. The van der Waals surface area contributed by atoms with Crippen LogP contribution in [0.3, 0.4) is 0 Å². The fraction of sp³-hybridized carbons (Fsp3) is 0.421. The van der Waals surface area contributed by atoms with E-state index in [2.05, 4.69) is 50.3 Å². The lowest BCUT2D eigenvalue weighted by Gasteiger charge is -2.20. The lowest BCUT2D eigenvalue weighted by Crippen LogP contribution is -2.26. The molecule has 0 saturated carbocycles. The molecule has 0 spiro atoms. The summed E-state index contributed by atoms with van der Waals surface area (Å²) < 4.78 is 7.05. The molecule has 0 bridgehead atoms. The van der Waals surface area contributed by atoms with Crippen LogP contribution in [-0.4, -0.2) is 39.9 Å². The number of hydrogen-bond donors (Lipinski definition) is 3. The van der Waals surface area contributed by atoms with Gasteiger partial charge in [0.25, 0.3) is 0 Å². The summed E-state index contributed by atoms with van der Waals surface area (Å²) in [6.07, 6.45) is 2.61. The molecule has 0 radical (unpaired) electrons. The molecular formula is C19H25N7O. The summed E-state index contributed by atoms with van der Waals surface area (Å²) in [6, 6.07) is 8.43. The highest BCUT2D eigenvalue weighted by Crippen LogP contribution is 2.27. The van der Waals surface area contributed by atoms with Gasteiger partial charge >= 0.3 is 0 Å². The van der Waals surface area contributed by atoms with Crippen molar-refractivity contribution in [1.82, 2.24) is 30.6 Å². The minimum atomic E-state index is 0.222. The van der Waals surface area contributed by atoms with Gasteiger partial charge in [0.05, 0.1) is 24.7 Å². The number of nitrogens with zero attached hydrogens (tertiary/aromatic N) is 4. The van der Waals surface area contributed by atoms with Crippen molar-refractivity contribution in [3.8, 4) is 5.75 Å². The molecular weight excluding hydrogens is 342 g/mol. The zero-order chi connectivity index (χ0) is 18.8. The number of anilines is 1. The molecule has 3 N–H and O–H groups in total. The van der Waals surface area contributed by atoms with E-state index < -0.39 is 0 Å². The Morgan fingerprint density at radius 3 is 2.81 bits per heavy atom. The highest BCUT2D eigenvalue weighted by atomic mass is 16.5. The summed E-state index contributed by atoms with van der Waals surface area (Å²) >= 11 is 0. The van der Waals surface area contributed by atoms with Gasteiger partial charge in [0, 0.05) is 32.5 Å².